The van der Waals surface area contributed by atoms with Crippen LogP contribution in [-0.2, 0) is 6.42 Å². The summed E-state index contributed by atoms with van der Waals surface area (Å²) in [6, 6.07) is 9.35. The number of aryl methyl sites for hydroxylation is 1. The van der Waals surface area contributed by atoms with Crippen molar-refractivity contribution < 1.29 is 4.79 Å². The van der Waals surface area contributed by atoms with Gasteiger partial charge < -0.3 is 5.32 Å². The molecule has 0 bridgehead atoms. The molecule has 4 nitrogen and oxygen atoms in total. The van der Waals surface area contributed by atoms with Crippen molar-refractivity contribution in [3.05, 3.63) is 54.1 Å². The summed E-state index contributed by atoms with van der Waals surface area (Å²) in [5.74, 6) is -0.222. The van der Waals surface area contributed by atoms with Crippen molar-refractivity contribution in [1.82, 2.24) is 9.97 Å². The number of carbonyl (C=O) groups is 1. The van der Waals surface area contributed by atoms with Gasteiger partial charge in [0.25, 0.3) is 5.91 Å². The summed E-state index contributed by atoms with van der Waals surface area (Å²) in [6.07, 6.45) is 3.85. The predicted octanol–water partition coefficient (Wildman–Crippen LogP) is 2.29. The number of carbonyl (C=O) groups excluding carboxylic acids is 1. The lowest BCUT2D eigenvalue weighted by Crippen LogP contribution is -2.13. The molecule has 0 saturated carbocycles. The molecule has 17 heavy (non-hydrogen) atoms. The van der Waals surface area contributed by atoms with Gasteiger partial charge in [0.2, 0.25) is 0 Å². The molecule has 0 aliphatic carbocycles. The molecule has 2 rings (SSSR count). The van der Waals surface area contributed by atoms with E-state index in [9.17, 15) is 4.79 Å². The van der Waals surface area contributed by atoms with Crippen LogP contribution in [0, 0.1) is 0 Å². The van der Waals surface area contributed by atoms with Gasteiger partial charge in [0.15, 0.2) is 0 Å². The molecule has 1 aromatic carbocycles. The maximum absolute atomic E-state index is 11.8. The third-order valence-corrected chi connectivity index (χ3v) is 2.41. The van der Waals surface area contributed by atoms with E-state index in [2.05, 4.69) is 22.2 Å². The van der Waals surface area contributed by atoms with E-state index in [4.69, 9.17) is 0 Å². The van der Waals surface area contributed by atoms with Crippen LogP contribution in [0.15, 0.2) is 42.9 Å². The molecule has 0 aliphatic rings. The Hall–Kier alpha value is -2.23. The second-order valence-electron chi connectivity index (χ2n) is 3.60. The minimum atomic E-state index is -0.222. The fraction of sp³-hybridized carbons (Fsp3) is 0.154. The van der Waals surface area contributed by atoms with Gasteiger partial charge >= 0.3 is 0 Å². The topological polar surface area (TPSA) is 54.9 Å². The monoisotopic (exact) mass is 227 g/mol. The van der Waals surface area contributed by atoms with Gasteiger partial charge in [0.05, 0.1) is 0 Å². The van der Waals surface area contributed by atoms with Crippen molar-refractivity contribution in [1.29, 1.82) is 0 Å². The molecule has 0 spiro atoms. The van der Waals surface area contributed by atoms with E-state index >= 15 is 0 Å². The second kappa shape index (κ2) is 5.21. The maximum atomic E-state index is 11.8. The normalized spacial score (nSPS) is 9.94. The highest BCUT2D eigenvalue weighted by Crippen LogP contribution is 2.11. The number of aromatic nitrogens is 2. The number of rotatable bonds is 3. The first kappa shape index (κ1) is 11.3. The summed E-state index contributed by atoms with van der Waals surface area (Å²) in [6.45, 7) is 2.07. The molecule has 4 heteroatoms. The molecule has 1 N–H and O–H groups in total. The smallest absolute Gasteiger partial charge is 0.274 e. The van der Waals surface area contributed by atoms with Gasteiger partial charge in [-0.3, -0.25) is 4.79 Å². The number of nitrogens with one attached hydrogen (secondary N) is 1. The summed E-state index contributed by atoms with van der Waals surface area (Å²) in [7, 11) is 0. The second-order valence-corrected chi connectivity index (χ2v) is 3.60. The maximum Gasteiger partial charge on any atom is 0.274 e. The Bertz CT molecular complexity index is 511. The van der Waals surface area contributed by atoms with E-state index in [0.29, 0.717) is 5.69 Å². The van der Waals surface area contributed by atoms with Gasteiger partial charge in [0.1, 0.15) is 12.0 Å². The van der Waals surface area contributed by atoms with Crippen LogP contribution >= 0.6 is 0 Å². The van der Waals surface area contributed by atoms with Crippen LogP contribution in [0.3, 0.4) is 0 Å². The molecule has 0 saturated heterocycles. The molecule has 1 amide bonds. The van der Waals surface area contributed by atoms with Crippen molar-refractivity contribution in [2.75, 3.05) is 5.32 Å². The fourth-order valence-corrected chi connectivity index (χ4v) is 1.49. The molecule has 0 aliphatic heterocycles. The van der Waals surface area contributed by atoms with E-state index in [1.165, 1.54) is 11.9 Å². The van der Waals surface area contributed by atoms with Gasteiger partial charge in [-0.05, 0) is 30.2 Å². The standard InChI is InChI=1S/C13H13N3O/c1-2-10-4-3-5-11(8-10)16-13(17)12-6-7-14-9-15-12/h3-9H,2H2,1H3,(H,16,17). The Morgan fingerprint density at radius 3 is 2.94 bits per heavy atom. The molecule has 1 heterocycles. The van der Waals surface area contributed by atoms with Crippen LogP contribution in [0.1, 0.15) is 23.0 Å². The Morgan fingerprint density at radius 2 is 2.24 bits per heavy atom. The molecule has 86 valence electrons. The Labute approximate surface area is 99.7 Å². The van der Waals surface area contributed by atoms with Crippen LogP contribution in [0.2, 0.25) is 0 Å². The Kier molecular flexibility index (Phi) is 3.45. The van der Waals surface area contributed by atoms with Gasteiger partial charge in [-0.2, -0.15) is 0 Å². The largest absolute Gasteiger partial charge is 0.321 e. The van der Waals surface area contributed by atoms with E-state index in [1.54, 1.807) is 12.3 Å². The molecular formula is C13H13N3O. The quantitative estimate of drug-likeness (QED) is 0.875. The summed E-state index contributed by atoms with van der Waals surface area (Å²) < 4.78 is 0. The van der Waals surface area contributed by atoms with Crippen LogP contribution in [0.25, 0.3) is 0 Å². The van der Waals surface area contributed by atoms with Crippen LogP contribution in [0.5, 0.6) is 0 Å². The zero-order chi connectivity index (χ0) is 12.1. The van der Waals surface area contributed by atoms with Crippen molar-refractivity contribution >= 4 is 11.6 Å². The lowest BCUT2D eigenvalue weighted by atomic mass is 10.1. The molecule has 2 aromatic rings. The average Bonchev–Trinajstić information content (AvgIpc) is 2.40. The van der Waals surface area contributed by atoms with Crippen LogP contribution in [-0.4, -0.2) is 15.9 Å². The van der Waals surface area contributed by atoms with E-state index in [-0.39, 0.29) is 5.91 Å². The Balaban J connectivity index is 2.13. The molecule has 0 unspecified atom stereocenters. The van der Waals surface area contributed by atoms with E-state index in [0.717, 1.165) is 12.1 Å². The molecule has 0 atom stereocenters. The van der Waals surface area contributed by atoms with Crippen LogP contribution < -0.4 is 5.32 Å². The number of anilines is 1. The minimum Gasteiger partial charge on any atom is -0.321 e. The number of hydrogen-bond donors (Lipinski definition) is 1. The zero-order valence-electron chi connectivity index (χ0n) is 9.55. The highest BCUT2D eigenvalue weighted by Gasteiger charge is 2.06. The van der Waals surface area contributed by atoms with Crippen molar-refractivity contribution in [3.8, 4) is 0 Å². The number of nitrogens with zero attached hydrogens (tertiary/aromatic N) is 2. The molecule has 0 radical (unpaired) electrons. The number of benzene rings is 1. The van der Waals surface area contributed by atoms with Gasteiger partial charge in [-0.1, -0.05) is 19.1 Å². The summed E-state index contributed by atoms with van der Waals surface area (Å²) in [4.78, 5) is 19.5. The Morgan fingerprint density at radius 1 is 1.35 bits per heavy atom. The lowest BCUT2D eigenvalue weighted by molar-refractivity contribution is 0.102. The third-order valence-electron chi connectivity index (χ3n) is 2.41. The zero-order valence-corrected chi connectivity index (χ0v) is 9.55. The van der Waals surface area contributed by atoms with Crippen molar-refractivity contribution in [2.24, 2.45) is 0 Å². The lowest BCUT2D eigenvalue weighted by Gasteiger charge is -2.05. The van der Waals surface area contributed by atoms with Gasteiger partial charge in [-0.15, -0.1) is 0 Å². The van der Waals surface area contributed by atoms with Gasteiger partial charge in [0, 0.05) is 11.9 Å². The average molecular weight is 227 g/mol. The SMILES string of the molecule is CCc1cccc(NC(=O)c2ccncn2)c1. The summed E-state index contributed by atoms with van der Waals surface area (Å²) in [5, 5.41) is 2.80. The summed E-state index contributed by atoms with van der Waals surface area (Å²) in [5.41, 5.74) is 2.33. The van der Waals surface area contributed by atoms with Crippen molar-refractivity contribution in [3.63, 3.8) is 0 Å². The molecular weight excluding hydrogens is 214 g/mol. The first-order valence-corrected chi connectivity index (χ1v) is 5.46. The molecule has 1 aromatic heterocycles. The highest BCUT2D eigenvalue weighted by atomic mass is 16.1. The first-order valence-electron chi connectivity index (χ1n) is 5.46. The highest BCUT2D eigenvalue weighted by molar-refractivity contribution is 6.02. The predicted molar refractivity (Wildman–Crippen MR) is 65.8 cm³/mol. The first-order chi connectivity index (χ1) is 8.29. The van der Waals surface area contributed by atoms with E-state index < -0.39 is 0 Å². The van der Waals surface area contributed by atoms with E-state index in [1.807, 2.05) is 24.3 Å². The van der Waals surface area contributed by atoms with Crippen molar-refractivity contribution in [2.45, 2.75) is 13.3 Å². The number of amides is 1. The van der Waals surface area contributed by atoms with Gasteiger partial charge in [-0.25, -0.2) is 9.97 Å². The van der Waals surface area contributed by atoms with Crippen LogP contribution in [0.4, 0.5) is 5.69 Å². The fourth-order valence-electron chi connectivity index (χ4n) is 1.49. The molecule has 0 fully saturated rings. The summed E-state index contributed by atoms with van der Waals surface area (Å²) >= 11 is 0. The third kappa shape index (κ3) is 2.87. The number of hydrogen-bond acceptors (Lipinski definition) is 3. The minimum absolute atomic E-state index is 0.222.